The number of benzene rings is 1. The van der Waals surface area contributed by atoms with Gasteiger partial charge < -0.3 is 15.2 Å². The fourth-order valence-electron chi connectivity index (χ4n) is 1.55. The number of carboxylic acids is 1. The van der Waals surface area contributed by atoms with Gasteiger partial charge in [0.25, 0.3) is 0 Å². The second-order valence-electron chi connectivity index (χ2n) is 4.30. The first-order chi connectivity index (χ1) is 9.52. The van der Waals surface area contributed by atoms with Crippen LogP contribution in [0.4, 0.5) is 0 Å². The van der Waals surface area contributed by atoms with Gasteiger partial charge in [-0.15, -0.1) is 0 Å². The van der Waals surface area contributed by atoms with Crippen LogP contribution in [0.25, 0.3) is 0 Å². The monoisotopic (exact) mass is 343 g/mol. The van der Waals surface area contributed by atoms with Gasteiger partial charge in [-0.25, -0.2) is 0 Å². The number of aliphatic carboxylic acids is 1. The Morgan fingerprint density at radius 3 is 2.80 bits per heavy atom. The molecule has 110 valence electrons. The van der Waals surface area contributed by atoms with Crippen LogP contribution in [0, 0.1) is 5.92 Å². The standard InChI is InChI=1S/C14H18BrNO4/c1-2-10(14(18)19)9-16-13(17)6-7-20-12-5-3-4-11(15)8-12/h3-5,8,10H,2,6-7,9H2,1H3,(H,16,17)(H,18,19). The average Bonchev–Trinajstić information content (AvgIpc) is 2.39. The van der Waals surface area contributed by atoms with Crippen molar-refractivity contribution in [1.82, 2.24) is 5.32 Å². The zero-order chi connectivity index (χ0) is 15.0. The van der Waals surface area contributed by atoms with E-state index in [1.54, 1.807) is 13.0 Å². The summed E-state index contributed by atoms with van der Waals surface area (Å²) < 4.78 is 6.34. The second-order valence-corrected chi connectivity index (χ2v) is 5.22. The van der Waals surface area contributed by atoms with Crippen LogP contribution in [-0.4, -0.2) is 30.1 Å². The van der Waals surface area contributed by atoms with Crippen molar-refractivity contribution >= 4 is 27.8 Å². The lowest BCUT2D eigenvalue weighted by molar-refractivity contribution is -0.141. The zero-order valence-electron chi connectivity index (χ0n) is 11.3. The highest BCUT2D eigenvalue weighted by atomic mass is 79.9. The molecule has 1 rings (SSSR count). The van der Waals surface area contributed by atoms with Gasteiger partial charge in [-0.2, -0.15) is 0 Å². The normalized spacial score (nSPS) is 11.7. The SMILES string of the molecule is CCC(CNC(=O)CCOc1cccc(Br)c1)C(=O)O. The van der Waals surface area contributed by atoms with Crippen molar-refractivity contribution in [2.75, 3.05) is 13.2 Å². The van der Waals surface area contributed by atoms with E-state index in [4.69, 9.17) is 9.84 Å². The average molecular weight is 344 g/mol. The molecule has 6 heteroatoms. The molecule has 0 bridgehead atoms. The highest BCUT2D eigenvalue weighted by Crippen LogP contribution is 2.17. The van der Waals surface area contributed by atoms with Gasteiger partial charge >= 0.3 is 5.97 Å². The van der Waals surface area contributed by atoms with Crippen LogP contribution in [0.3, 0.4) is 0 Å². The lowest BCUT2D eigenvalue weighted by Gasteiger charge is -2.11. The molecule has 1 atom stereocenters. The maximum absolute atomic E-state index is 11.5. The number of carbonyl (C=O) groups is 2. The predicted molar refractivity (Wildman–Crippen MR) is 78.7 cm³/mol. The lowest BCUT2D eigenvalue weighted by Crippen LogP contribution is -2.33. The van der Waals surface area contributed by atoms with Gasteiger partial charge in [0.15, 0.2) is 0 Å². The van der Waals surface area contributed by atoms with E-state index in [-0.39, 0.29) is 25.5 Å². The predicted octanol–water partition coefficient (Wildman–Crippen LogP) is 2.45. The second kappa shape index (κ2) is 8.58. The Labute approximate surface area is 126 Å². The van der Waals surface area contributed by atoms with Crippen molar-refractivity contribution in [1.29, 1.82) is 0 Å². The zero-order valence-corrected chi connectivity index (χ0v) is 12.9. The Balaban J connectivity index is 2.25. The fourth-order valence-corrected chi connectivity index (χ4v) is 1.93. The van der Waals surface area contributed by atoms with E-state index in [9.17, 15) is 9.59 Å². The van der Waals surface area contributed by atoms with Gasteiger partial charge in [0.2, 0.25) is 5.91 Å². The van der Waals surface area contributed by atoms with Gasteiger partial charge in [-0.1, -0.05) is 28.9 Å². The number of carboxylic acid groups (broad SMARTS) is 1. The first kappa shape index (κ1) is 16.5. The van der Waals surface area contributed by atoms with E-state index >= 15 is 0 Å². The molecular weight excluding hydrogens is 326 g/mol. The van der Waals surface area contributed by atoms with Crippen molar-refractivity contribution in [3.8, 4) is 5.75 Å². The number of hydrogen-bond donors (Lipinski definition) is 2. The summed E-state index contributed by atoms with van der Waals surface area (Å²) in [5, 5.41) is 11.5. The molecule has 0 saturated carbocycles. The quantitative estimate of drug-likeness (QED) is 0.760. The first-order valence-corrected chi connectivity index (χ1v) is 7.20. The fraction of sp³-hybridized carbons (Fsp3) is 0.429. The minimum Gasteiger partial charge on any atom is -0.493 e. The molecule has 0 aliphatic carbocycles. The van der Waals surface area contributed by atoms with Crippen molar-refractivity contribution in [2.45, 2.75) is 19.8 Å². The third kappa shape index (κ3) is 6.06. The number of nitrogens with one attached hydrogen (secondary N) is 1. The molecule has 0 radical (unpaired) electrons. The van der Waals surface area contributed by atoms with Crippen LogP contribution in [0.2, 0.25) is 0 Å². The van der Waals surface area contributed by atoms with E-state index in [0.29, 0.717) is 12.2 Å². The van der Waals surface area contributed by atoms with E-state index in [1.165, 1.54) is 0 Å². The maximum atomic E-state index is 11.5. The molecule has 0 aliphatic heterocycles. The van der Waals surface area contributed by atoms with Crippen molar-refractivity contribution in [2.24, 2.45) is 5.92 Å². The number of ether oxygens (including phenoxy) is 1. The molecule has 20 heavy (non-hydrogen) atoms. The molecule has 0 aliphatic rings. The van der Waals surface area contributed by atoms with Crippen molar-refractivity contribution in [3.05, 3.63) is 28.7 Å². The molecular formula is C14H18BrNO4. The Bertz CT molecular complexity index is 464. The first-order valence-electron chi connectivity index (χ1n) is 6.40. The lowest BCUT2D eigenvalue weighted by atomic mass is 10.1. The summed E-state index contributed by atoms with van der Waals surface area (Å²) in [6, 6.07) is 7.35. The largest absolute Gasteiger partial charge is 0.493 e. The Hall–Kier alpha value is -1.56. The van der Waals surface area contributed by atoms with Crippen molar-refractivity contribution in [3.63, 3.8) is 0 Å². The van der Waals surface area contributed by atoms with Crippen LogP contribution in [0.5, 0.6) is 5.75 Å². The van der Waals surface area contributed by atoms with Gasteiger partial charge in [-0.3, -0.25) is 9.59 Å². The number of amides is 1. The number of carbonyl (C=O) groups excluding carboxylic acids is 1. The van der Waals surface area contributed by atoms with Gasteiger partial charge in [0.05, 0.1) is 18.9 Å². The molecule has 0 saturated heterocycles. The molecule has 1 amide bonds. The number of rotatable bonds is 8. The van der Waals surface area contributed by atoms with Gasteiger partial charge in [-0.05, 0) is 24.6 Å². The molecule has 0 aromatic heterocycles. The summed E-state index contributed by atoms with van der Waals surface area (Å²) in [6.45, 7) is 2.19. The van der Waals surface area contributed by atoms with E-state index < -0.39 is 11.9 Å². The smallest absolute Gasteiger partial charge is 0.308 e. The summed E-state index contributed by atoms with van der Waals surface area (Å²) in [7, 11) is 0. The Morgan fingerprint density at radius 2 is 2.20 bits per heavy atom. The van der Waals surface area contributed by atoms with Gasteiger partial charge in [0, 0.05) is 11.0 Å². The van der Waals surface area contributed by atoms with Crippen molar-refractivity contribution < 1.29 is 19.4 Å². The molecule has 1 unspecified atom stereocenters. The number of hydrogen-bond acceptors (Lipinski definition) is 3. The van der Waals surface area contributed by atoms with E-state index in [1.807, 2.05) is 18.2 Å². The molecule has 1 aromatic carbocycles. The van der Waals surface area contributed by atoms with Gasteiger partial charge in [0.1, 0.15) is 5.75 Å². The van der Waals surface area contributed by atoms with Crippen LogP contribution < -0.4 is 10.1 Å². The third-order valence-electron chi connectivity index (χ3n) is 2.78. The highest BCUT2D eigenvalue weighted by molar-refractivity contribution is 9.10. The summed E-state index contributed by atoms with van der Waals surface area (Å²) >= 11 is 3.33. The van der Waals surface area contributed by atoms with Crippen LogP contribution in [-0.2, 0) is 9.59 Å². The van der Waals surface area contributed by atoms with E-state index in [0.717, 1.165) is 4.47 Å². The van der Waals surface area contributed by atoms with Crippen LogP contribution in [0.1, 0.15) is 19.8 Å². The molecule has 0 heterocycles. The van der Waals surface area contributed by atoms with E-state index in [2.05, 4.69) is 21.2 Å². The molecule has 0 fully saturated rings. The maximum Gasteiger partial charge on any atom is 0.308 e. The summed E-state index contributed by atoms with van der Waals surface area (Å²) in [5.74, 6) is -0.952. The summed E-state index contributed by atoms with van der Waals surface area (Å²) in [4.78, 5) is 22.3. The van der Waals surface area contributed by atoms with Crippen LogP contribution >= 0.6 is 15.9 Å². The summed E-state index contributed by atoms with van der Waals surface area (Å²) in [5.41, 5.74) is 0. The minimum absolute atomic E-state index is 0.154. The third-order valence-corrected chi connectivity index (χ3v) is 3.27. The molecule has 0 spiro atoms. The number of halogens is 1. The Morgan fingerprint density at radius 1 is 1.45 bits per heavy atom. The highest BCUT2D eigenvalue weighted by Gasteiger charge is 2.15. The van der Waals surface area contributed by atoms with Crippen LogP contribution in [0.15, 0.2) is 28.7 Å². The molecule has 1 aromatic rings. The molecule has 5 nitrogen and oxygen atoms in total. The topological polar surface area (TPSA) is 75.6 Å². The summed E-state index contributed by atoms with van der Waals surface area (Å²) in [6.07, 6.45) is 0.687. The minimum atomic E-state index is -0.891. The molecule has 2 N–H and O–H groups in total. The Kier molecular flexibility index (Phi) is 7.08.